The first kappa shape index (κ1) is 13.7. The average molecular weight is 229 g/mol. The molecule has 15 heavy (non-hydrogen) atoms. The number of hydrogen-bond donors (Lipinski definition) is 2. The van der Waals surface area contributed by atoms with E-state index in [2.05, 4.69) is 4.74 Å². The molecule has 0 bridgehead atoms. The molecule has 0 saturated heterocycles. The van der Waals surface area contributed by atoms with Crippen LogP contribution in [0.2, 0.25) is 0 Å². The fourth-order valence-corrected chi connectivity index (χ4v) is 0.636. The molecule has 0 aromatic carbocycles. The van der Waals surface area contributed by atoms with Crippen LogP contribution >= 0.6 is 0 Å². The van der Waals surface area contributed by atoms with Crippen molar-refractivity contribution in [2.45, 2.75) is 12.6 Å². The second-order valence-corrected chi connectivity index (χ2v) is 2.55. The number of nitrogens with one attached hydrogen (secondary N) is 1. The maximum absolute atomic E-state index is 11.6. The van der Waals surface area contributed by atoms with Gasteiger partial charge in [-0.25, -0.2) is 4.79 Å². The van der Waals surface area contributed by atoms with Crippen LogP contribution in [0.15, 0.2) is 0 Å². The minimum absolute atomic E-state index is 0.0234. The van der Waals surface area contributed by atoms with E-state index < -0.39 is 24.7 Å². The monoisotopic (exact) mass is 229 g/mol. The third kappa shape index (κ3) is 7.74. The zero-order valence-electron chi connectivity index (χ0n) is 7.63. The summed E-state index contributed by atoms with van der Waals surface area (Å²) in [4.78, 5) is 20.2. The Balaban J connectivity index is 3.40. The highest BCUT2D eigenvalue weighted by Gasteiger charge is 2.38. The number of hydrogen-bond acceptors (Lipinski definition) is 3. The third-order valence-electron chi connectivity index (χ3n) is 1.23. The lowest BCUT2D eigenvalue weighted by atomic mass is 10.4. The highest BCUT2D eigenvalue weighted by molar-refractivity contribution is 5.81. The van der Waals surface area contributed by atoms with Gasteiger partial charge in [-0.1, -0.05) is 0 Å². The Bertz CT molecular complexity index is 229. The summed E-state index contributed by atoms with van der Waals surface area (Å²) in [5.41, 5.74) is 0. The zero-order valence-corrected chi connectivity index (χ0v) is 7.63. The summed E-state index contributed by atoms with van der Waals surface area (Å²) < 4.78 is 39.4. The third-order valence-corrected chi connectivity index (χ3v) is 1.23. The molecule has 0 aliphatic rings. The largest absolute Gasteiger partial charge is 0.480 e. The molecule has 0 atom stereocenters. The molecule has 0 aromatic rings. The molecule has 0 spiro atoms. The van der Waals surface area contributed by atoms with Crippen LogP contribution in [0.25, 0.3) is 0 Å². The molecule has 0 fully saturated rings. The predicted octanol–water partition coefficient (Wildman–Crippen LogP) is 0.156. The van der Waals surface area contributed by atoms with Crippen molar-refractivity contribution in [3.63, 3.8) is 0 Å². The first-order chi connectivity index (χ1) is 6.84. The lowest BCUT2D eigenvalue weighted by molar-refractivity contribution is -0.173. The number of carboxylic acids is 1. The van der Waals surface area contributed by atoms with Gasteiger partial charge in [0.25, 0.3) is 0 Å². The molecule has 1 amide bonds. The number of ether oxygens (including phenoxy) is 1. The smallest absolute Gasteiger partial charge is 0.471 e. The van der Waals surface area contributed by atoms with Crippen molar-refractivity contribution < 1.29 is 32.6 Å². The van der Waals surface area contributed by atoms with Gasteiger partial charge >= 0.3 is 18.1 Å². The Morgan fingerprint density at radius 2 is 1.93 bits per heavy atom. The van der Waals surface area contributed by atoms with Gasteiger partial charge in [-0.3, -0.25) is 4.79 Å². The number of carbonyl (C=O) groups is 2. The van der Waals surface area contributed by atoms with E-state index in [1.54, 1.807) is 5.32 Å². The molecule has 0 heterocycles. The quantitative estimate of drug-likeness (QED) is 0.636. The van der Waals surface area contributed by atoms with E-state index in [0.29, 0.717) is 0 Å². The van der Waals surface area contributed by atoms with Crippen LogP contribution in [-0.2, 0) is 14.3 Å². The van der Waals surface area contributed by atoms with Gasteiger partial charge < -0.3 is 15.2 Å². The number of carboxylic acid groups (broad SMARTS) is 1. The molecule has 5 nitrogen and oxygen atoms in total. The van der Waals surface area contributed by atoms with E-state index in [1.807, 2.05) is 0 Å². The summed E-state index contributed by atoms with van der Waals surface area (Å²) in [6.45, 7) is -0.740. The molecule has 0 rings (SSSR count). The SMILES string of the molecule is O=C(O)COCCCNC(=O)C(F)(F)F. The Morgan fingerprint density at radius 1 is 1.33 bits per heavy atom. The molecule has 0 aromatic heterocycles. The lowest BCUT2D eigenvalue weighted by Gasteiger charge is -2.07. The molecule has 0 saturated carbocycles. The average Bonchev–Trinajstić information content (AvgIpc) is 2.08. The summed E-state index contributed by atoms with van der Waals surface area (Å²) in [5.74, 6) is -3.17. The number of amides is 1. The highest BCUT2D eigenvalue weighted by Crippen LogP contribution is 2.13. The Hall–Kier alpha value is -1.31. The van der Waals surface area contributed by atoms with Gasteiger partial charge in [-0.2, -0.15) is 13.2 Å². The van der Waals surface area contributed by atoms with Crippen molar-refractivity contribution in [3.8, 4) is 0 Å². The summed E-state index contributed by atoms with van der Waals surface area (Å²) in [6.07, 6.45) is -4.77. The standard InChI is InChI=1S/C7H10F3NO4/c8-7(9,10)6(14)11-2-1-3-15-4-5(12)13/h1-4H2,(H,11,14)(H,12,13). The maximum atomic E-state index is 11.6. The van der Waals surface area contributed by atoms with E-state index >= 15 is 0 Å². The normalized spacial score (nSPS) is 11.1. The predicted molar refractivity (Wildman–Crippen MR) is 42.1 cm³/mol. The Kier molecular flexibility index (Phi) is 5.68. The fraction of sp³-hybridized carbons (Fsp3) is 0.714. The molecule has 0 unspecified atom stereocenters. The molecular formula is C7H10F3NO4. The summed E-state index contributed by atoms with van der Waals surface area (Å²) in [5, 5.41) is 9.74. The zero-order chi connectivity index (χ0) is 11.9. The van der Waals surface area contributed by atoms with E-state index in [0.717, 1.165) is 0 Å². The van der Waals surface area contributed by atoms with Gasteiger partial charge in [0.1, 0.15) is 6.61 Å². The second kappa shape index (κ2) is 6.23. The fourth-order valence-electron chi connectivity index (χ4n) is 0.636. The van der Waals surface area contributed by atoms with Crippen LogP contribution in [-0.4, -0.2) is 42.9 Å². The van der Waals surface area contributed by atoms with E-state index in [9.17, 15) is 22.8 Å². The van der Waals surface area contributed by atoms with Crippen molar-refractivity contribution in [2.75, 3.05) is 19.8 Å². The van der Waals surface area contributed by atoms with Crippen LogP contribution < -0.4 is 5.32 Å². The lowest BCUT2D eigenvalue weighted by Crippen LogP contribution is -2.37. The number of alkyl halides is 3. The molecule has 0 aliphatic carbocycles. The van der Waals surface area contributed by atoms with Crippen molar-refractivity contribution >= 4 is 11.9 Å². The highest BCUT2D eigenvalue weighted by atomic mass is 19.4. The van der Waals surface area contributed by atoms with Gasteiger partial charge in [-0.05, 0) is 6.42 Å². The molecule has 0 radical (unpaired) electrons. The van der Waals surface area contributed by atoms with Crippen molar-refractivity contribution in [3.05, 3.63) is 0 Å². The molecule has 8 heteroatoms. The summed E-state index contributed by atoms with van der Waals surface area (Å²) in [6, 6.07) is 0. The van der Waals surface area contributed by atoms with Crippen molar-refractivity contribution in [2.24, 2.45) is 0 Å². The first-order valence-electron chi connectivity index (χ1n) is 3.98. The van der Waals surface area contributed by atoms with Gasteiger partial charge in [0.2, 0.25) is 0 Å². The van der Waals surface area contributed by atoms with Crippen molar-refractivity contribution in [1.82, 2.24) is 5.32 Å². The van der Waals surface area contributed by atoms with Crippen molar-refractivity contribution in [1.29, 1.82) is 0 Å². The second-order valence-electron chi connectivity index (χ2n) is 2.55. The topological polar surface area (TPSA) is 75.6 Å². The van der Waals surface area contributed by atoms with E-state index in [-0.39, 0.29) is 19.6 Å². The van der Waals surface area contributed by atoms with Crippen LogP contribution in [0.3, 0.4) is 0 Å². The first-order valence-corrected chi connectivity index (χ1v) is 3.98. The molecule has 88 valence electrons. The van der Waals surface area contributed by atoms with E-state index in [4.69, 9.17) is 5.11 Å². The van der Waals surface area contributed by atoms with Crippen LogP contribution in [0.5, 0.6) is 0 Å². The minimum Gasteiger partial charge on any atom is -0.480 e. The van der Waals surface area contributed by atoms with E-state index in [1.165, 1.54) is 0 Å². The van der Waals surface area contributed by atoms with Gasteiger partial charge in [0.15, 0.2) is 0 Å². The minimum atomic E-state index is -4.89. The Morgan fingerprint density at radius 3 is 2.40 bits per heavy atom. The molecule has 0 aliphatic heterocycles. The Labute approximate surface area is 83.2 Å². The van der Waals surface area contributed by atoms with Gasteiger partial charge in [0, 0.05) is 13.2 Å². The number of rotatable bonds is 6. The van der Waals surface area contributed by atoms with Crippen LogP contribution in [0, 0.1) is 0 Å². The summed E-state index contributed by atoms with van der Waals surface area (Å²) >= 11 is 0. The van der Waals surface area contributed by atoms with Gasteiger partial charge in [0.05, 0.1) is 0 Å². The van der Waals surface area contributed by atoms with Crippen LogP contribution in [0.1, 0.15) is 6.42 Å². The molecule has 2 N–H and O–H groups in total. The van der Waals surface area contributed by atoms with Gasteiger partial charge in [-0.15, -0.1) is 0 Å². The number of halogens is 3. The number of carbonyl (C=O) groups excluding carboxylic acids is 1. The molecular weight excluding hydrogens is 219 g/mol. The maximum Gasteiger partial charge on any atom is 0.471 e. The number of aliphatic carboxylic acids is 1. The van der Waals surface area contributed by atoms with Crippen LogP contribution in [0.4, 0.5) is 13.2 Å². The summed E-state index contributed by atoms with van der Waals surface area (Å²) in [7, 11) is 0.